The summed E-state index contributed by atoms with van der Waals surface area (Å²) >= 11 is 0. The number of nitrogens with zero attached hydrogens (tertiary/aromatic N) is 2. The molecule has 0 spiro atoms. The van der Waals surface area contributed by atoms with E-state index in [1.54, 1.807) is 12.1 Å². The number of phenols is 1. The Hall–Kier alpha value is -2.48. The van der Waals surface area contributed by atoms with Gasteiger partial charge in [0.05, 0.1) is 0 Å². The summed E-state index contributed by atoms with van der Waals surface area (Å²) < 4.78 is 5.08. The number of rotatable bonds is 1. The molecule has 5 heteroatoms. The second-order valence-corrected chi connectivity index (χ2v) is 2.89. The number of oxazole rings is 1. The Morgan fingerprint density at radius 1 is 1.47 bits per heavy atom. The van der Waals surface area contributed by atoms with Crippen molar-refractivity contribution < 1.29 is 9.52 Å². The lowest BCUT2D eigenvalue weighted by Gasteiger charge is -1.95. The number of anilines is 1. The van der Waals surface area contributed by atoms with Crippen LogP contribution in [0.4, 0.5) is 5.88 Å². The molecule has 0 saturated carbocycles. The molecule has 3 N–H and O–H groups in total. The maximum Gasteiger partial charge on any atom is 0.230 e. The molecule has 0 atom stereocenters. The van der Waals surface area contributed by atoms with Crippen molar-refractivity contribution in [3.05, 3.63) is 30.0 Å². The van der Waals surface area contributed by atoms with Crippen LogP contribution in [-0.4, -0.2) is 10.1 Å². The molecule has 1 aromatic carbocycles. The summed E-state index contributed by atoms with van der Waals surface area (Å²) in [7, 11) is 0. The quantitative estimate of drug-likeness (QED) is 0.728. The first-order valence-electron chi connectivity index (χ1n) is 4.16. The second kappa shape index (κ2) is 3.35. The predicted molar refractivity (Wildman–Crippen MR) is 52.7 cm³/mol. The molecule has 74 valence electrons. The van der Waals surface area contributed by atoms with E-state index in [4.69, 9.17) is 15.4 Å². The lowest BCUT2D eigenvalue weighted by atomic mass is 10.2. The minimum absolute atomic E-state index is 0.0177. The van der Waals surface area contributed by atoms with Gasteiger partial charge in [0, 0.05) is 5.56 Å². The smallest absolute Gasteiger partial charge is 0.230 e. The van der Waals surface area contributed by atoms with Gasteiger partial charge in [-0.2, -0.15) is 10.2 Å². The van der Waals surface area contributed by atoms with Gasteiger partial charge in [0.2, 0.25) is 17.5 Å². The zero-order valence-electron chi connectivity index (χ0n) is 7.64. The maximum absolute atomic E-state index is 9.24. The first-order chi connectivity index (χ1) is 7.20. The molecule has 1 heterocycles. The third-order valence-corrected chi connectivity index (χ3v) is 1.85. The number of hydrogen-bond acceptors (Lipinski definition) is 5. The molecule has 0 amide bonds. The maximum atomic E-state index is 9.24. The van der Waals surface area contributed by atoms with Crippen molar-refractivity contribution in [1.29, 1.82) is 5.26 Å². The Labute approximate surface area is 85.4 Å². The zero-order chi connectivity index (χ0) is 10.8. The molecule has 0 unspecified atom stereocenters. The molecule has 1 aromatic heterocycles. The molecule has 0 bridgehead atoms. The Bertz CT molecular complexity index is 540. The van der Waals surface area contributed by atoms with Crippen molar-refractivity contribution in [2.24, 2.45) is 0 Å². The lowest BCUT2D eigenvalue weighted by molar-refractivity contribution is 0.475. The van der Waals surface area contributed by atoms with E-state index in [2.05, 4.69) is 4.98 Å². The fourth-order valence-corrected chi connectivity index (χ4v) is 1.17. The summed E-state index contributed by atoms with van der Waals surface area (Å²) in [6, 6.07) is 8.17. The highest BCUT2D eigenvalue weighted by Gasteiger charge is 2.11. The van der Waals surface area contributed by atoms with Crippen molar-refractivity contribution >= 4 is 5.88 Å². The highest BCUT2D eigenvalue weighted by atomic mass is 16.4. The molecule has 5 nitrogen and oxygen atoms in total. The normalized spacial score (nSPS) is 9.80. The van der Waals surface area contributed by atoms with Gasteiger partial charge in [-0.1, -0.05) is 6.07 Å². The molecule has 0 aliphatic rings. The number of nitrogen functional groups attached to an aromatic ring is 1. The molecule has 0 aliphatic carbocycles. The van der Waals surface area contributed by atoms with Crippen LogP contribution in [0, 0.1) is 11.3 Å². The second-order valence-electron chi connectivity index (χ2n) is 2.89. The van der Waals surface area contributed by atoms with Crippen LogP contribution in [0.15, 0.2) is 28.7 Å². The SMILES string of the molecule is N#Cc1nc(-c2cccc(O)c2)oc1N. The van der Waals surface area contributed by atoms with E-state index in [0.717, 1.165) is 0 Å². The molecule has 2 rings (SSSR count). The van der Waals surface area contributed by atoms with Gasteiger partial charge in [0.25, 0.3) is 0 Å². The number of nitriles is 1. The monoisotopic (exact) mass is 201 g/mol. The molecule has 2 aromatic rings. The number of benzene rings is 1. The Morgan fingerprint density at radius 3 is 2.87 bits per heavy atom. The fraction of sp³-hybridized carbons (Fsp3) is 0. The predicted octanol–water partition coefficient (Wildman–Crippen LogP) is 1.50. The summed E-state index contributed by atoms with van der Waals surface area (Å²) in [6.07, 6.45) is 0. The van der Waals surface area contributed by atoms with Crippen molar-refractivity contribution in [2.75, 3.05) is 5.73 Å². The number of hydrogen-bond donors (Lipinski definition) is 2. The van der Waals surface area contributed by atoms with E-state index in [0.29, 0.717) is 5.56 Å². The van der Waals surface area contributed by atoms with E-state index >= 15 is 0 Å². The van der Waals surface area contributed by atoms with Crippen LogP contribution in [0.5, 0.6) is 5.75 Å². The highest BCUT2D eigenvalue weighted by molar-refractivity contribution is 5.59. The van der Waals surface area contributed by atoms with E-state index in [1.165, 1.54) is 12.1 Å². The van der Waals surface area contributed by atoms with Gasteiger partial charge in [0.15, 0.2) is 0 Å². The van der Waals surface area contributed by atoms with Gasteiger partial charge in [0.1, 0.15) is 11.8 Å². The van der Waals surface area contributed by atoms with Gasteiger partial charge in [-0.25, -0.2) is 0 Å². The van der Waals surface area contributed by atoms with Crippen molar-refractivity contribution in [2.45, 2.75) is 0 Å². The number of aromatic nitrogens is 1. The topological polar surface area (TPSA) is 96.1 Å². The molecule has 0 radical (unpaired) electrons. The Balaban J connectivity index is 2.51. The van der Waals surface area contributed by atoms with E-state index in [1.807, 2.05) is 6.07 Å². The standard InChI is InChI=1S/C10H7N3O2/c11-5-8-9(12)15-10(13-8)6-2-1-3-7(14)4-6/h1-4,14H,12H2. The average molecular weight is 201 g/mol. The molecule has 15 heavy (non-hydrogen) atoms. The molecule has 0 aliphatic heterocycles. The zero-order valence-corrected chi connectivity index (χ0v) is 7.64. The Kier molecular flexibility index (Phi) is 2.03. The van der Waals surface area contributed by atoms with Gasteiger partial charge in [-0.05, 0) is 18.2 Å². The van der Waals surface area contributed by atoms with Crippen LogP contribution in [0.1, 0.15) is 5.69 Å². The third kappa shape index (κ3) is 1.60. The minimum Gasteiger partial charge on any atom is -0.508 e. The van der Waals surface area contributed by atoms with Crippen LogP contribution in [0.2, 0.25) is 0 Å². The van der Waals surface area contributed by atoms with E-state index < -0.39 is 0 Å². The molecular weight excluding hydrogens is 194 g/mol. The summed E-state index contributed by atoms with van der Waals surface area (Å²) in [5, 5.41) is 17.9. The van der Waals surface area contributed by atoms with Crippen molar-refractivity contribution in [3.63, 3.8) is 0 Å². The summed E-state index contributed by atoms with van der Waals surface area (Å²) in [4.78, 5) is 3.88. The number of phenolic OH excluding ortho intramolecular Hbond substituents is 1. The van der Waals surface area contributed by atoms with Crippen LogP contribution >= 0.6 is 0 Å². The first kappa shape index (κ1) is 9.09. The fourth-order valence-electron chi connectivity index (χ4n) is 1.17. The number of nitrogens with two attached hydrogens (primary N) is 1. The van der Waals surface area contributed by atoms with Crippen LogP contribution < -0.4 is 5.73 Å². The Morgan fingerprint density at radius 2 is 2.27 bits per heavy atom. The highest BCUT2D eigenvalue weighted by Crippen LogP contribution is 2.25. The largest absolute Gasteiger partial charge is 0.508 e. The first-order valence-corrected chi connectivity index (χ1v) is 4.16. The third-order valence-electron chi connectivity index (χ3n) is 1.85. The van der Waals surface area contributed by atoms with Gasteiger partial charge >= 0.3 is 0 Å². The summed E-state index contributed by atoms with van der Waals surface area (Å²) in [5.41, 5.74) is 6.03. The van der Waals surface area contributed by atoms with Crippen molar-refractivity contribution in [1.82, 2.24) is 4.98 Å². The van der Waals surface area contributed by atoms with Gasteiger partial charge < -0.3 is 15.3 Å². The molecule has 0 fully saturated rings. The van der Waals surface area contributed by atoms with E-state index in [-0.39, 0.29) is 23.2 Å². The average Bonchev–Trinajstić information content (AvgIpc) is 2.60. The number of aromatic hydroxyl groups is 1. The van der Waals surface area contributed by atoms with Gasteiger partial charge in [-0.3, -0.25) is 0 Å². The summed E-state index contributed by atoms with van der Waals surface area (Å²) in [5.74, 6) is 0.304. The summed E-state index contributed by atoms with van der Waals surface area (Å²) in [6.45, 7) is 0. The van der Waals surface area contributed by atoms with E-state index in [9.17, 15) is 5.11 Å². The molecule has 0 saturated heterocycles. The van der Waals surface area contributed by atoms with Crippen LogP contribution in [0.25, 0.3) is 11.5 Å². The van der Waals surface area contributed by atoms with Gasteiger partial charge in [-0.15, -0.1) is 0 Å². The van der Waals surface area contributed by atoms with Crippen molar-refractivity contribution in [3.8, 4) is 23.3 Å². The minimum atomic E-state index is -0.0177. The van der Waals surface area contributed by atoms with Crippen LogP contribution in [0.3, 0.4) is 0 Å². The molecular formula is C10H7N3O2. The van der Waals surface area contributed by atoms with Crippen LogP contribution in [-0.2, 0) is 0 Å². The lowest BCUT2D eigenvalue weighted by Crippen LogP contribution is -1.84.